The van der Waals surface area contributed by atoms with Crippen LogP contribution in [0.4, 0.5) is 0 Å². The van der Waals surface area contributed by atoms with Gasteiger partial charge in [0.1, 0.15) is 6.04 Å². The Balaban J connectivity index is 1.83. The number of sulfonamides is 1. The van der Waals surface area contributed by atoms with Crippen molar-refractivity contribution in [3.63, 3.8) is 0 Å². The van der Waals surface area contributed by atoms with Gasteiger partial charge >= 0.3 is 0 Å². The average Bonchev–Trinajstić information content (AvgIpc) is 2.95. The lowest BCUT2D eigenvalue weighted by atomic mass is 10.0. The van der Waals surface area contributed by atoms with Crippen LogP contribution in [0.2, 0.25) is 0 Å². The molecule has 2 N–H and O–H groups in total. The monoisotopic (exact) mass is 549 g/mol. The normalized spacial score (nSPS) is 12.1. The van der Waals surface area contributed by atoms with E-state index in [-0.39, 0.29) is 23.1 Å². The van der Waals surface area contributed by atoms with Crippen molar-refractivity contribution < 1.29 is 18.0 Å². The summed E-state index contributed by atoms with van der Waals surface area (Å²) < 4.78 is 27.0. The minimum absolute atomic E-state index is 0.130. The quantitative estimate of drug-likeness (QED) is 0.274. The predicted octanol–water partition coefficient (Wildman–Crippen LogP) is 4.47. The Morgan fingerprint density at radius 1 is 0.821 bits per heavy atom. The van der Waals surface area contributed by atoms with Crippen LogP contribution in [-0.2, 0) is 39.0 Å². The van der Waals surface area contributed by atoms with Gasteiger partial charge in [-0.05, 0) is 41.7 Å². The summed E-state index contributed by atoms with van der Waals surface area (Å²) in [6, 6.07) is 25.4. The average molecular weight is 550 g/mol. The smallest absolute Gasteiger partial charge is 0.243 e. The molecule has 7 nitrogen and oxygen atoms in total. The van der Waals surface area contributed by atoms with Gasteiger partial charge in [-0.15, -0.1) is 0 Å². The SMILES string of the molecule is CCCCNC(=O)C(Cc1ccccc1)N(Cc1ccccc1)C(=O)CCc1ccc(S(=O)(=O)NCC)cc1. The minimum Gasteiger partial charge on any atom is -0.354 e. The topological polar surface area (TPSA) is 95.6 Å². The fourth-order valence-electron chi connectivity index (χ4n) is 4.34. The Morgan fingerprint density at radius 3 is 2.03 bits per heavy atom. The highest BCUT2D eigenvalue weighted by Gasteiger charge is 2.30. The molecule has 1 unspecified atom stereocenters. The van der Waals surface area contributed by atoms with Gasteiger partial charge in [0.2, 0.25) is 21.8 Å². The molecule has 3 rings (SSSR count). The number of amides is 2. The van der Waals surface area contributed by atoms with Crippen molar-refractivity contribution in [2.45, 2.75) is 63.4 Å². The van der Waals surface area contributed by atoms with Gasteiger partial charge in [-0.25, -0.2) is 13.1 Å². The van der Waals surface area contributed by atoms with Gasteiger partial charge in [0.05, 0.1) is 4.90 Å². The molecule has 8 heteroatoms. The van der Waals surface area contributed by atoms with E-state index < -0.39 is 16.1 Å². The summed E-state index contributed by atoms with van der Waals surface area (Å²) in [4.78, 5) is 29.1. The molecule has 0 aliphatic rings. The van der Waals surface area contributed by atoms with Crippen LogP contribution in [0, 0.1) is 0 Å². The standard InChI is InChI=1S/C31H39N3O4S/c1-3-5-22-32-31(36)29(23-26-12-8-6-9-13-26)34(24-27-14-10-7-11-15-27)30(35)21-18-25-16-19-28(20-17-25)39(37,38)33-4-2/h6-17,19-20,29,33H,3-5,18,21-24H2,1-2H3,(H,32,36). The zero-order valence-electron chi connectivity index (χ0n) is 22.8. The first-order valence-corrected chi connectivity index (χ1v) is 15.1. The summed E-state index contributed by atoms with van der Waals surface area (Å²) in [5, 5.41) is 3.03. The molecule has 0 fully saturated rings. The van der Waals surface area contributed by atoms with Crippen molar-refractivity contribution in [2.24, 2.45) is 0 Å². The maximum Gasteiger partial charge on any atom is 0.243 e. The number of aryl methyl sites for hydroxylation is 1. The number of carbonyl (C=O) groups excluding carboxylic acids is 2. The molecule has 0 bridgehead atoms. The van der Waals surface area contributed by atoms with Gasteiger partial charge in [0.15, 0.2) is 0 Å². The van der Waals surface area contributed by atoms with Gasteiger partial charge in [-0.1, -0.05) is 93.1 Å². The van der Waals surface area contributed by atoms with E-state index in [9.17, 15) is 18.0 Å². The Bertz CT molecular complexity index is 1280. The fourth-order valence-corrected chi connectivity index (χ4v) is 5.38. The molecule has 0 radical (unpaired) electrons. The Labute approximate surface area is 232 Å². The van der Waals surface area contributed by atoms with Crippen LogP contribution in [0.25, 0.3) is 0 Å². The summed E-state index contributed by atoms with van der Waals surface area (Å²) in [5.41, 5.74) is 2.78. The molecule has 3 aromatic carbocycles. The van der Waals surface area contributed by atoms with Crippen molar-refractivity contribution in [3.05, 3.63) is 102 Å². The lowest BCUT2D eigenvalue weighted by Gasteiger charge is -2.31. The maximum atomic E-state index is 13.7. The number of nitrogens with zero attached hydrogens (tertiary/aromatic N) is 1. The van der Waals surface area contributed by atoms with Gasteiger partial charge in [0.25, 0.3) is 0 Å². The molecule has 0 spiro atoms. The molecule has 208 valence electrons. The predicted molar refractivity (Wildman–Crippen MR) is 154 cm³/mol. The van der Waals surface area contributed by atoms with E-state index in [1.807, 2.05) is 60.7 Å². The number of nitrogens with one attached hydrogen (secondary N) is 2. The molecule has 3 aromatic rings. The summed E-state index contributed by atoms with van der Waals surface area (Å²) in [6.45, 7) is 5.00. The van der Waals surface area contributed by atoms with Crippen molar-refractivity contribution in [3.8, 4) is 0 Å². The van der Waals surface area contributed by atoms with E-state index in [1.54, 1.807) is 36.1 Å². The molecule has 0 heterocycles. The lowest BCUT2D eigenvalue weighted by Crippen LogP contribution is -2.50. The molecule has 0 aliphatic carbocycles. The molecular weight excluding hydrogens is 510 g/mol. The molecule has 0 saturated carbocycles. The van der Waals surface area contributed by atoms with Crippen LogP contribution in [0.5, 0.6) is 0 Å². The third kappa shape index (κ3) is 9.33. The second-order valence-electron chi connectivity index (χ2n) is 9.50. The van der Waals surface area contributed by atoms with Gasteiger partial charge in [0, 0.05) is 32.5 Å². The molecule has 2 amide bonds. The molecular formula is C31H39N3O4S. The largest absolute Gasteiger partial charge is 0.354 e. The van der Waals surface area contributed by atoms with Crippen LogP contribution < -0.4 is 10.0 Å². The van der Waals surface area contributed by atoms with E-state index in [1.165, 1.54) is 0 Å². The first kappa shape index (κ1) is 30.1. The van der Waals surface area contributed by atoms with Crippen LogP contribution in [0.3, 0.4) is 0 Å². The van der Waals surface area contributed by atoms with Gasteiger partial charge in [-0.2, -0.15) is 0 Å². The molecule has 0 aromatic heterocycles. The first-order chi connectivity index (χ1) is 18.8. The number of rotatable bonds is 15. The number of hydrogen-bond donors (Lipinski definition) is 2. The summed E-state index contributed by atoms with van der Waals surface area (Å²) >= 11 is 0. The number of unbranched alkanes of at least 4 members (excludes halogenated alkanes) is 1. The summed E-state index contributed by atoms with van der Waals surface area (Å²) in [7, 11) is -3.54. The van der Waals surface area contributed by atoms with Crippen LogP contribution in [0.1, 0.15) is 49.8 Å². The highest BCUT2D eigenvalue weighted by atomic mass is 32.2. The Morgan fingerprint density at radius 2 is 1.44 bits per heavy atom. The van der Waals surface area contributed by atoms with E-state index >= 15 is 0 Å². The van der Waals surface area contributed by atoms with E-state index in [4.69, 9.17) is 0 Å². The Hall–Kier alpha value is -3.49. The fraction of sp³-hybridized carbons (Fsp3) is 0.355. The number of hydrogen-bond acceptors (Lipinski definition) is 4. The van der Waals surface area contributed by atoms with Crippen LogP contribution in [-0.4, -0.2) is 44.3 Å². The zero-order valence-corrected chi connectivity index (χ0v) is 23.6. The first-order valence-electron chi connectivity index (χ1n) is 13.6. The summed E-state index contributed by atoms with van der Waals surface area (Å²) in [6.07, 6.45) is 2.87. The van der Waals surface area contributed by atoms with Crippen molar-refractivity contribution in [1.29, 1.82) is 0 Å². The van der Waals surface area contributed by atoms with Crippen LogP contribution >= 0.6 is 0 Å². The van der Waals surface area contributed by atoms with E-state index in [0.29, 0.717) is 32.5 Å². The number of carbonyl (C=O) groups is 2. The lowest BCUT2D eigenvalue weighted by molar-refractivity contribution is -0.141. The highest BCUT2D eigenvalue weighted by molar-refractivity contribution is 7.89. The van der Waals surface area contributed by atoms with Gasteiger partial charge < -0.3 is 10.2 Å². The number of benzene rings is 3. The third-order valence-corrected chi connectivity index (χ3v) is 8.05. The van der Waals surface area contributed by atoms with E-state index in [2.05, 4.69) is 17.0 Å². The van der Waals surface area contributed by atoms with Gasteiger partial charge in [-0.3, -0.25) is 9.59 Å². The maximum absolute atomic E-state index is 13.7. The molecule has 39 heavy (non-hydrogen) atoms. The zero-order chi connectivity index (χ0) is 28.1. The second-order valence-corrected chi connectivity index (χ2v) is 11.3. The van der Waals surface area contributed by atoms with Crippen molar-refractivity contribution >= 4 is 21.8 Å². The van der Waals surface area contributed by atoms with Crippen LogP contribution in [0.15, 0.2) is 89.8 Å². The van der Waals surface area contributed by atoms with Crippen molar-refractivity contribution in [2.75, 3.05) is 13.1 Å². The minimum atomic E-state index is -3.54. The molecule has 1 atom stereocenters. The molecule has 0 aliphatic heterocycles. The third-order valence-electron chi connectivity index (χ3n) is 6.49. The van der Waals surface area contributed by atoms with E-state index in [0.717, 1.165) is 29.5 Å². The highest BCUT2D eigenvalue weighted by Crippen LogP contribution is 2.18. The Kier molecular flexibility index (Phi) is 11.7. The molecule has 0 saturated heterocycles. The van der Waals surface area contributed by atoms with Crippen molar-refractivity contribution in [1.82, 2.24) is 14.9 Å². The summed E-state index contributed by atoms with van der Waals surface area (Å²) in [5.74, 6) is -0.288. The second kappa shape index (κ2) is 15.2.